The predicted molar refractivity (Wildman–Crippen MR) is 79.5 cm³/mol. The number of nitrogens with zero attached hydrogens (tertiary/aromatic N) is 3. The van der Waals surface area contributed by atoms with Gasteiger partial charge in [-0.3, -0.25) is 14.9 Å². The van der Waals surface area contributed by atoms with Gasteiger partial charge in [0.25, 0.3) is 5.91 Å². The minimum Gasteiger partial charge on any atom is -0.502 e. The molecule has 7 heteroatoms. The molecule has 0 aliphatic heterocycles. The highest BCUT2D eigenvalue weighted by Crippen LogP contribution is 2.27. The van der Waals surface area contributed by atoms with Crippen LogP contribution in [0.4, 0.5) is 5.69 Å². The first-order valence-corrected chi connectivity index (χ1v) is 6.71. The zero-order chi connectivity index (χ0) is 16.2. The minimum absolute atomic E-state index is 0.00478. The van der Waals surface area contributed by atoms with E-state index >= 15 is 0 Å². The third-order valence-electron chi connectivity index (χ3n) is 3.18. The van der Waals surface area contributed by atoms with Gasteiger partial charge >= 0.3 is 5.69 Å². The molecule has 0 saturated heterocycles. The maximum Gasteiger partial charge on any atom is 0.310 e. The molecule has 116 valence electrons. The van der Waals surface area contributed by atoms with Crippen molar-refractivity contribution in [2.75, 3.05) is 27.2 Å². The van der Waals surface area contributed by atoms with Crippen LogP contribution in [0.5, 0.6) is 5.75 Å². The Morgan fingerprint density at radius 3 is 2.48 bits per heavy atom. The maximum atomic E-state index is 12.5. The number of rotatable bonds is 6. The van der Waals surface area contributed by atoms with Gasteiger partial charge in [-0.15, -0.1) is 0 Å². The summed E-state index contributed by atoms with van der Waals surface area (Å²) in [6, 6.07) is 3.65. The molecule has 0 spiro atoms. The van der Waals surface area contributed by atoms with E-state index in [1.807, 2.05) is 32.8 Å². The summed E-state index contributed by atoms with van der Waals surface area (Å²) >= 11 is 0. The van der Waals surface area contributed by atoms with Gasteiger partial charge in [-0.1, -0.05) is 0 Å². The number of hydrogen-bond acceptors (Lipinski definition) is 5. The van der Waals surface area contributed by atoms with E-state index < -0.39 is 16.4 Å². The second-order valence-corrected chi connectivity index (χ2v) is 5.16. The molecule has 1 aromatic rings. The molecule has 0 heterocycles. The number of phenolic OH excluding ortho intramolecular Hbond substituents is 1. The molecule has 0 aliphatic carbocycles. The fourth-order valence-corrected chi connectivity index (χ4v) is 2.26. The van der Waals surface area contributed by atoms with Crippen LogP contribution in [0.3, 0.4) is 0 Å². The van der Waals surface area contributed by atoms with E-state index in [9.17, 15) is 20.0 Å². The molecule has 0 bridgehead atoms. The van der Waals surface area contributed by atoms with Gasteiger partial charge in [-0.25, -0.2) is 0 Å². The van der Waals surface area contributed by atoms with Crippen LogP contribution in [0.1, 0.15) is 24.2 Å². The standard InChI is InChI=1S/C14H21N3O4/c1-5-16(10(2)9-15(3)4)14(19)11-6-7-12(17(20)21)13(18)8-11/h6-8,10,18H,5,9H2,1-4H3. The van der Waals surface area contributed by atoms with Crippen LogP contribution < -0.4 is 0 Å². The number of carbonyl (C=O) groups excluding carboxylic acids is 1. The van der Waals surface area contributed by atoms with Gasteiger partial charge < -0.3 is 14.9 Å². The Bertz CT molecular complexity index is 531. The average Bonchev–Trinajstić information content (AvgIpc) is 2.37. The summed E-state index contributed by atoms with van der Waals surface area (Å²) in [7, 11) is 3.85. The molecule has 1 amide bonds. The Kier molecular flexibility index (Phi) is 5.66. The molecule has 1 unspecified atom stereocenters. The lowest BCUT2D eigenvalue weighted by molar-refractivity contribution is -0.385. The zero-order valence-corrected chi connectivity index (χ0v) is 12.7. The first-order chi connectivity index (χ1) is 9.77. The molecule has 1 rings (SSSR count). The highest BCUT2D eigenvalue weighted by molar-refractivity contribution is 5.95. The number of hydrogen-bond donors (Lipinski definition) is 1. The molecule has 0 aromatic heterocycles. The van der Waals surface area contributed by atoms with Gasteiger partial charge in [-0.2, -0.15) is 0 Å². The lowest BCUT2D eigenvalue weighted by Crippen LogP contribution is -2.43. The third-order valence-corrected chi connectivity index (χ3v) is 3.18. The van der Waals surface area contributed by atoms with Crippen molar-refractivity contribution in [1.29, 1.82) is 0 Å². The lowest BCUT2D eigenvalue weighted by atomic mass is 10.1. The number of nitro benzene ring substituents is 1. The molecule has 0 fully saturated rings. The quantitative estimate of drug-likeness (QED) is 0.637. The second-order valence-electron chi connectivity index (χ2n) is 5.16. The molecule has 1 N–H and O–H groups in total. The number of aromatic hydroxyl groups is 1. The molecule has 0 saturated carbocycles. The fourth-order valence-electron chi connectivity index (χ4n) is 2.26. The monoisotopic (exact) mass is 295 g/mol. The van der Waals surface area contributed by atoms with Crippen LogP contribution in [-0.2, 0) is 0 Å². The van der Waals surface area contributed by atoms with Crippen LogP contribution in [0, 0.1) is 10.1 Å². The van der Waals surface area contributed by atoms with Crippen molar-refractivity contribution in [3.8, 4) is 5.75 Å². The molecule has 0 aliphatic rings. The highest BCUT2D eigenvalue weighted by Gasteiger charge is 2.23. The summed E-state index contributed by atoms with van der Waals surface area (Å²) in [5.41, 5.74) is -0.165. The normalized spacial score (nSPS) is 12.2. The summed E-state index contributed by atoms with van der Waals surface area (Å²) in [5.74, 6) is -0.751. The second kappa shape index (κ2) is 7.03. The van der Waals surface area contributed by atoms with E-state index in [4.69, 9.17) is 0 Å². The highest BCUT2D eigenvalue weighted by atomic mass is 16.6. The molecule has 0 radical (unpaired) electrons. The van der Waals surface area contributed by atoms with Crippen LogP contribution in [-0.4, -0.2) is 59.0 Å². The van der Waals surface area contributed by atoms with Gasteiger partial charge in [0.1, 0.15) is 0 Å². The Morgan fingerprint density at radius 2 is 2.05 bits per heavy atom. The predicted octanol–water partition coefficient (Wildman–Crippen LogP) is 1.71. The van der Waals surface area contributed by atoms with Gasteiger partial charge in [0.15, 0.2) is 5.75 Å². The topological polar surface area (TPSA) is 86.9 Å². The largest absolute Gasteiger partial charge is 0.502 e. The Labute approximate surface area is 123 Å². The van der Waals surface area contributed by atoms with E-state index in [1.54, 1.807) is 4.90 Å². The average molecular weight is 295 g/mol. The first-order valence-electron chi connectivity index (χ1n) is 6.71. The van der Waals surface area contributed by atoms with E-state index in [-0.39, 0.29) is 17.5 Å². The number of benzene rings is 1. The number of likely N-dealkylation sites (N-methyl/N-ethyl adjacent to an activating group) is 2. The van der Waals surface area contributed by atoms with Gasteiger partial charge in [0.05, 0.1) is 4.92 Å². The molecule has 7 nitrogen and oxygen atoms in total. The number of amides is 1. The molecular weight excluding hydrogens is 274 g/mol. The first kappa shape index (κ1) is 16.9. The number of phenols is 1. The number of nitro groups is 1. The van der Waals surface area contributed by atoms with Gasteiger partial charge in [0, 0.05) is 30.8 Å². The van der Waals surface area contributed by atoms with E-state index in [0.29, 0.717) is 13.1 Å². The SMILES string of the molecule is CCN(C(=O)c1ccc([N+](=O)[O-])c(O)c1)C(C)CN(C)C. The summed E-state index contributed by atoms with van der Waals surface area (Å²) in [4.78, 5) is 26.1. The summed E-state index contributed by atoms with van der Waals surface area (Å²) in [6.07, 6.45) is 0. The van der Waals surface area contributed by atoms with Crippen LogP contribution in [0.25, 0.3) is 0 Å². The summed E-state index contributed by atoms with van der Waals surface area (Å²) in [6.45, 7) is 5.03. The van der Waals surface area contributed by atoms with Crippen molar-refractivity contribution >= 4 is 11.6 Å². The molecule has 21 heavy (non-hydrogen) atoms. The number of carbonyl (C=O) groups is 1. The van der Waals surface area contributed by atoms with Crippen molar-refractivity contribution in [2.24, 2.45) is 0 Å². The Morgan fingerprint density at radius 1 is 1.43 bits per heavy atom. The van der Waals surface area contributed by atoms with Crippen LogP contribution >= 0.6 is 0 Å². The fraction of sp³-hybridized carbons (Fsp3) is 0.500. The zero-order valence-electron chi connectivity index (χ0n) is 12.7. The van der Waals surface area contributed by atoms with E-state index in [2.05, 4.69) is 0 Å². The van der Waals surface area contributed by atoms with Crippen LogP contribution in [0.2, 0.25) is 0 Å². The smallest absolute Gasteiger partial charge is 0.310 e. The van der Waals surface area contributed by atoms with Crippen molar-refractivity contribution in [3.63, 3.8) is 0 Å². The van der Waals surface area contributed by atoms with Crippen molar-refractivity contribution in [2.45, 2.75) is 19.9 Å². The molecule has 1 aromatic carbocycles. The summed E-state index contributed by atoms with van der Waals surface area (Å²) in [5, 5.41) is 20.3. The van der Waals surface area contributed by atoms with E-state index in [0.717, 1.165) is 12.1 Å². The Hall–Kier alpha value is -2.15. The van der Waals surface area contributed by atoms with Crippen LogP contribution in [0.15, 0.2) is 18.2 Å². The van der Waals surface area contributed by atoms with Crippen molar-refractivity contribution in [3.05, 3.63) is 33.9 Å². The molecular formula is C14H21N3O4. The maximum absolute atomic E-state index is 12.5. The van der Waals surface area contributed by atoms with Gasteiger partial charge in [-0.05, 0) is 40.1 Å². The minimum atomic E-state index is -0.685. The molecule has 1 atom stereocenters. The lowest BCUT2D eigenvalue weighted by Gasteiger charge is -2.30. The van der Waals surface area contributed by atoms with Crippen molar-refractivity contribution in [1.82, 2.24) is 9.80 Å². The Balaban J connectivity index is 3.00. The third kappa shape index (κ3) is 4.16. The summed E-state index contributed by atoms with van der Waals surface area (Å²) < 4.78 is 0. The van der Waals surface area contributed by atoms with Crippen molar-refractivity contribution < 1.29 is 14.8 Å². The van der Waals surface area contributed by atoms with E-state index in [1.165, 1.54) is 6.07 Å². The van der Waals surface area contributed by atoms with Gasteiger partial charge in [0.2, 0.25) is 0 Å².